The Morgan fingerprint density at radius 3 is 2.13 bits per heavy atom. The highest BCUT2D eigenvalue weighted by Crippen LogP contribution is 2.20. The molecule has 3 rings (SSSR count). The molecule has 0 radical (unpaired) electrons. The Morgan fingerprint density at radius 1 is 0.826 bits per heavy atom. The Bertz CT molecular complexity index is 882. The van der Waals surface area contributed by atoms with Crippen LogP contribution in [0.1, 0.15) is 0 Å². The number of morpholine rings is 1. The van der Waals surface area contributed by atoms with Gasteiger partial charge in [-0.25, -0.2) is 20.8 Å². The van der Waals surface area contributed by atoms with Crippen molar-refractivity contribution in [2.24, 2.45) is 0 Å². The summed E-state index contributed by atoms with van der Waals surface area (Å²) in [7, 11) is -7.52. The Hall–Kier alpha value is -1.68. The number of hydrogen-bond acceptors (Lipinski definition) is 5. The maximum atomic E-state index is 12.5. The minimum Gasteiger partial charge on any atom is -0.379 e. The van der Waals surface area contributed by atoms with Gasteiger partial charge in [-0.2, -0.15) is 4.31 Å². The zero-order valence-corrected chi connectivity index (χ0v) is 13.8. The van der Waals surface area contributed by atoms with Crippen molar-refractivity contribution < 1.29 is 21.6 Å². The van der Waals surface area contributed by atoms with Crippen molar-refractivity contribution in [2.45, 2.75) is 9.79 Å². The van der Waals surface area contributed by atoms with Gasteiger partial charge < -0.3 is 4.74 Å². The second-order valence-electron chi connectivity index (χ2n) is 5.01. The SMILES string of the molecule is O=S(=O)(c1ccn(S(=O)(=O)c2ccccc2)c1)N1CCOCC1. The van der Waals surface area contributed by atoms with E-state index in [0.717, 1.165) is 10.2 Å². The van der Waals surface area contributed by atoms with Crippen molar-refractivity contribution in [3.8, 4) is 0 Å². The predicted octanol–water partition coefficient (Wildman–Crippen LogP) is 0.746. The molecule has 0 amide bonds. The van der Waals surface area contributed by atoms with Gasteiger partial charge in [0.2, 0.25) is 10.0 Å². The molecule has 124 valence electrons. The highest BCUT2D eigenvalue weighted by Gasteiger charge is 2.28. The molecule has 1 saturated heterocycles. The zero-order valence-electron chi connectivity index (χ0n) is 12.2. The van der Waals surface area contributed by atoms with Crippen LogP contribution in [0.15, 0.2) is 58.6 Å². The predicted molar refractivity (Wildman–Crippen MR) is 83.0 cm³/mol. The number of benzene rings is 1. The number of sulfonamides is 1. The van der Waals surface area contributed by atoms with Crippen molar-refractivity contribution in [2.75, 3.05) is 26.3 Å². The summed E-state index contributed by atoms with van der Waals surface area (Å²) in [6, 6.07) is 9.16. The fraction of sp³-hybridized carbons (Fsp3) is 0.286. The maximum absolute atomic E-state index is 12.5. The zero-order chi connectivity index (χ0) is 16.5. The molecule has 1 aromatic carbocycles. The van der Waals surface area contributed by atoms with Gasteiger partial charge in [0.05, 0.1) is 18.1 Å². The van der Waals surface area contributed by atoms with Gasteiger partial charge >= 0.3 is 0 Å². The van der Waals surface area contributed by atoms with E-state index in [9.17, 15) is 16.8 Å². The summed E-state index contributed by atoms with van der Waals surface area (Å²) in [4.78, 5) is 0.0600. The normalized spacial score (nSPS) is 17.2. The molecule has 0 aliphatic carbocycles. The number of hydrogen-bond donors (Lipinski definition) is 0. The molecule has 0 spiro atoms. The first-order chi connectivity index (χ1) is 10.9. The van der Waals surface area contributed by atoms with Crippen LogP contribution in [0.3, 0.4) is 0 Å². The summed E-state index contributed by atoms with van der Waals surface area (Å²) in [5.41, 5.74) is 0. The second-order valence-corrected chi connectivity index (χ2v) is 8.79. The lowest BCUT2D eigenvalue weighted by atomic mass is 10.4. The van der Waals surface area contributed by atoms with Crippen LogP contribution in [-0.4, -0.2) is 51.4 Å². The first-order valence-corrected chi connectivity index (χ1v) is 9.87. The van der Waals surface area contributed by atoms with E-state index in [1.807, 2.05) is 0 Å². The lowest BCUT2D eigenvalue weighted by Crippen LogP contribution is -2.40. The third kappa shape index (κ3) is 3.05. The number of nitrogens with zero attached hydrogens (tertiary/aromatic N) is 2. The lowest BCUT2D eigenvalue weighted by Gasteiger charge is -2.25. The molecule has 0 N–H and O–H groups in total. The van der Waals surface area contributed by atoms with Crippen LogP contribution >= 0.6 is 0 Å². The fourth-order valence-corrected chi connectivity index (χ4v) is 5.00. The lowest BCUT2D eigenvalue weighted by molar-refractivity contribution is 0.0730. The topological polar surface area (TPSA) is 85.7 Å². The van der Waals surface area contributed by atoms with Gasteiger partial charge in [-0.3, -0.25) is 0 Å². The Labute approximate surface area is 135 Å². The Kier molecular flexibility index (Phi) is 4.28. The highest BCUT2D eigenvalue weighted by molar-refractivity contribution is 7.90. The average Bonchev–Trinajstić information content (AvgIpc) is 3.08. The van der Waals surface area contributed by atoms with Crippen LogP contribution in [0.2, 0.25) is 0 Å². The molecule has 7 nitrogen and oxygen atoms in total. The molecule has 2 aromatic rings. The van der Waals surface area contributed by atoms with Crippen molar-refractivity contribution in [1.29, 1.82) is 0 Å². The van der Waals surface area contributed by atoms with Crippen LogP contribution < -0.4 is 0 Å². The maximum Gasteiger partial charge on any atom is 0.267 e. The van der Waals surface area contributed by atoms with Crippen molar-refractivity contribution in [3.63, 3.8) is 0 Å². The summed E-state index contributed by atoms with van der Waals surface area (Å²) in [6.07, 6.45) is 2.38. The summed E-state index contributed by atoms with van der Waals surface area (Å²) in [5.74, 6) is 0. The van der Waals surface area contributed by atoms with E-state index in [-0.39, 0.29) is 22.9 Å². The summed E-state index contributed by atoms with van der Waals surface area (Å²) in [5, 5.41) is 0. The molecule has 9 heteroatoms. The molecule has 23 heavy (non-hydrogen) atoms. The van der Waals surface area contributed by atoms with Gasteiger partial charge in [-0.05, 0) is 18.2 Å². The molecule has 0 saturated carbocycles. The van der Waals surface area contributed by atoms with Gasteiger partial charge in [0.15, 0.2) is 0 Å². The van der Waals surface area contributed by atoms with E-state index < -0.39 is 20.0 Å². The molecule has 1 aliphatic heterocycles. The van der Waals surface area contributed by atoms with E-state index in [2.05, 4.69) is 0 Å². The van der Waals surface area contributed by atoms with Gasteiger partial charge in [0, 0.05) is 25.5 Å². The third-order valence-corrected chi connectivity index (χ3v) is 7.10. The number of ether oxygens (including phenoxy) is 1. The van der Waals surface area contributed by atoms with Crippen LogP contribution in [0.5, 0.6) is 0 Å². The highest BCUT2D eigenvalue weighted by atomic mass is 32.2. The van der Waals surface area contributed by atoms with Gasteiger partial charge in [0.1, 0.15) is 4.90 Å². The fourth-order valence-electron chi connectivity index (χ4n) is 2.31. The minimum atomic E-state index is -3.80. The molecule has 0 atom stereocenters. The van der Waals surface area contributed by atoms with Crippen molar-refractivity contribution in [1.82, 2.24) is 8.28 Å². The standard InChI is InChI=1S/C14H16N2O5S2/c17-22(18,13-4-2-1-3-5-13)16-7-6-14(12-16)23(19,20)15-8-10-21-11-9-15/h1-7,12H,8-11H2. The average molecular weight is 356 g/mol. The second kappa shape index (κ2) is 6.08. The first kappa shape index (κ1) is 16.2. The van der Waals surface area contributed by atoms with Crippen LogP contribution in [0.4, 0.5) is 0 Å². The van der Waals surface area contributed by atoms with E-state index >= 15 is 0 Å². The van der Waals surface area contributed by atoms with E-state index in [4.69, 9.17) is 4.74 Å². The van der Waals surface area contributed by atoms with Crippen molar-refractivity contribution in [3.05, 3.63) is 48.8 Å². The molecule has 0 bridgehead atoms. The number of rotatable bonds is 4. The smallest absolute Gasteiger partial charge is 0.267 e. The van der Waals surface area contributed by atoms with Crippen LogP contribution in [0.25, 0.3) is 0 Å². The van der Waals surface area contributed by atoms with Crippen LogP contribution in [-0.2, 0) is 24.8 Å². The molecule has 1 aromatic heterocycles. The quantitative estimate of drug-likeness (QED) is 0.807. The molecule has 2 heterocycles. The van der Waals surface area contributed by atoms with Crippen LogP contribution in [0, 0.1) is 0 Å². The van der Waals surface area contributed by atoms with E-state index in [1.54, 1.807) is 18.2 Å². The number of aromatic nitrogens is 1. The summed E-state index contributed by atoms with van der Waals surface area (Å²) >= 11 is 0. The first-order valence-electron chi connectivity index (χ1n) is 6.99. The minimum absolute atomic E-state index is 0.0427. The largest absolute Gasteiger partial charge is 0.379 e. The van der Waals surface area contributed by atoms with Gasteiger partial charge in [-0.1, -0.05) is 18.2 Å². The van der Waals surface area contributed by atoms with Gasteiger partial charge in [-0.15, -0.1) is 0 Å². The monoisotopic (exact) mass is 356 g/mol. The summed E-state index contributed by atoms with van der Waals surface area (Å²) < 4.78 is 57.4. The molecule has 0 unspecified atom stereocenters. The summed E-state index contributed by atoms with van der Waals surface area (Å²) in [6.45, 7) is 1.20. The Morgan fingerprint density at radius 2 is 1.48 bits per heavy atom. The Balaban J connectivity index is 1.94. The molecular formula is C14H16N2O5S2. The molecular weight excluding hydrogens is 340 g/mol. The molecule has 1 aliphatic rings. The van der Waals surface area contributed by atoms with Gasteiger partial charge in [0.25, 0.3) is 10.0 Å². The molecule has 1 fully saturated rings. The van der Waals surface area contributed by atoms with Crippen molar-refractivity contribution >= 4 is 20.0 Å². The van der Waals surface area contributed by atoms with E-state index in [1.165, 1.54) is 28.7 Å². The third-order valence-electron chi connectivity index (χ3n) is 3.57. The van der Waals surface area contributed by atoms with E-state index in [0.29, 0.717) is 13.2 Å².